The van der Waals surface area contributed by atoms with E-state index in [2.05, 4.69) is 5.10 Å². The van der Waals surface area contributed by atoms with Crippen LogP contribution in [0, 0.1) is 5.82 Å². The molecule has 0 spiro atoms. The van der Waals surface area contributed by atoms with Crippen LogP contribution in [0.5, 0.6) is 0 Å². The molecule has 0 unspecified atom stereocenters. The molecule has 4 rings (SSSR count). The second-order valence-corrected chi connectivity index (χ2v) is 9.37. The van der Waals surface area contributed by atoms with Crippen molar-refractivity contribution in [1.82, 2.24) is 14.5 Å². The minimum absolute atomic E-state index is 0.0130. The van der Waals surface area contributed by atoms with E-state index in [1.807, 2.05) is 30.3 Å². The van der Waals surface area contributed by atoms with Gasteiger partial charge in [0.05, 0.1) is 28.0 Å². The maximum atomic E-state index is 14.8. The molecule has 31 heavy (non-hydrogen) atoms. The summed E-state index contributed by atoms with van der Waals surface area (Å²) in [6.45, 7) is 0. The first-order valence-corrected chi connectivity index (χ1v) is 11.5. The van der Waals surface area contributed by atoms with Gasteiger partial charge in [-0.05, 0) is 24.3 Å². The Morgan fingerprint density at radius 3 is 2.45 bits per heavy atom. The Morgan fingerprint density at radius 2 is 1.77 bits per heavy atom. The van der Waals surface area contributed by atoms with Crippen molar-refractivity contribution in [2.24, 2.45) is 0 Å². The van der Waals surface area contributed by atoms with E-state index >= 15 is 0 Å². The van der Waals surface area contributed by atoms with Crippen molar-refractivity contribution in [3.05, 3.63) is 82.1 Å². The monoisotopic (exact) mass is 477 g/mol. The van der Waals surface area contributed by atoms with Crippen molar-refractivity contribution in [3.8, 4) is 16.9 Å². The molecule has 1 heterocycles. The summed E-state index contributed by atoms with van der Waals surface area (Å²) in [4.78, 5) is 12.1. The third kappa shape index (κ3) is 4.27. The summed E-state index contributed by atoms with van der Waals surface area (Å²) in [6, 6.07) is 16.6. The number of rotatable bonds is 4. The van der Waals surface area contributed by atoms with E-state index in [-0.39, 0.29) is 10.7 Å². The molecule has 1 N–H and O–H groups in total. The second kappa shape index (κ2) is 7.96. The molecule has 158 valence electrons. The Balaban J connectivity index is 1.90. The van der Waals surface area contributed by atoms with Crippen LogP contribution in [0.2, 0.25) is 10.0 Å². The first-order chi connectivity index (χ1) is 14.6. The fourth-order valence-electron chi connectivity index (χ4n) is 3.18. The predicted molar refractivity (Wildman–Crippen MR) is 119 cm³/mol. The number of amides is 1. The number of sulfonamides is 1. The van der Waals surface area contributed by atoms with Gasteiger partial charge in [-0.1, -0.05) is 53.5 Å². The normalized spacial score (nSPS) is 11.6. The topological polar surface area (TPSA) is 81.1 Å². The molecule has 0 saturated heterocycles. The second-order valence-electron chi connectivity index (χ2n) is 6.77. The zero-order valence-corrected chi connectivity index (χ0v) is 18.3. The minimum Gasteiger partial charge on any atom is -0.268 e. The Kier molecular flexibility index (Phi) is 5.47. The van der Waals surface area contributed by atoms with Crippen molar-refractivity contribution in [1.29, 1.82) is 0 Å². The van der Waals surface area contributed by atoms with Gasteiger partial charge in [-0.25, -0.2) is 22.2 Å². The maximum Gasteiger partial charge on any atom is 0.267 e. The van der Waals surface area contributed by atoms with E-state index in [0.29, 0.717) is 16.2 Å². The van der Waals surface area contributed by atoms with Crippen LogP contribution in [0.1, 0.15) is 10.4 Å². The molecular weight excluding hydrogens is 464 g/mol. The van der Waals surface area contributed by atoms with Gasteiger partial charge >= 0.3 is 0 Å². The lowest BCUT2D eigenvalue weighted by atomic mass is 10.1. The van der Waals surface area contributed by atoms with E-state index in [1.165, 1.54) is 4.68 Å². The number of hydrogen-bond donors (Lipinski definition) is 1. The summed E-state index contributed by atoms with van der Waals surface area (Å²) < 4.78 is 40.5. The van der Waals surface area contributed by atoms with Gasteiger partial charge in [-0.15, -0.1) is 0 Å². The first kappa shape index (κ1) is 21.3. The third-order valence-electron chi connectivity index (χ3n) is 4.48. The van der Waals surface area contributed by atoms with Gasteiger partial charge < -0.3 is 0 Å². The molecule has 0 saturated carbocycles. The zero-order chi connectivity index (χ0) is 22.3. The van der Waals surface area contributed by atoms with Crippen LogP contribution >= 0.6 is 23.2 Å². The van der Waals surface area contributed by atoms with Crippen molar-refractivity contribution in [2.45, 2.75) is 0 Å². The molecule has 0 aliphatic heterocycles. The number of aromatic nitrogens is 2. The first-order valence-electron chi connectivity index (χ1n) is 8.89. The number of halogens is 3. The van der Waals surface area contributed by atoms with Crippen molar-refractivity contribution in [3.63, 3.8) is 0 Å². The van der Waals surface area contributed by atoms with Gasteiger partial charge in [0.25, 0.3) is 5.91 Å². The van der Waals surface area contributed by atoms with Crippen LogP contribution in [0.25, 0.3) is 27.8 Å². The predicted octanol–water partition coefficient (Wildman–Crippen LogP) is 4.83. The van der Waals surface area contributed by atoms with E-state index in [1.54, 1.807) is 22.9 Å². The molecule has 0 radical (unpaired) electrons. The molecular formula is C21H14Cl2FN3O3S. The zero-order valence-electron chi connectivity index (χ0n) is 15.9. The molecule has 0 bridgehead atoms. The number of hydrogen-bond acceptors (Lipinski definition) is 4. The highest BCUT2D eigenvalue weighted by atomic mass is 35.5. The highest BCUT2D eigenvalue weighted by molar-refractivity contribution is 7.89. The molecule has 0 aliphatic carbocycles. The Labute approximate surface area is 187 Å². The molecule has 6 nitrogen and oxygen atoms in total. The van der Waals surface area contributed by atoms with E-state index in [4.69, 9.17) is 23.2 Å². The molecule has 0 fully saturated rings. The van der Waals surface area contributed by atoms with Gasteiger partial charge in [0, 0.05) is 22.0 Å². The number of fused-ring (bicyclic) bond motifs is 1. The SMILES string of the molecule is CS(=O)(=O)NC(=O)c1cc(Cl)c(-n2nc(-c3ccccc3)c3cc(Cl)ccc32)cc1F. The number of benzene rings is 3. The minimum atomic E-state index is -3.86. The van der Waals surface area contributed by atoms with Crippen LogP contribution in [-0.4, -0.2) is 30.4 Å². The lowest BCUT2D eigenvalue weighted by Gasteiger charge is -2.10. The largest absolute Gasteiger partial charge is 0.268 e. The highest BCUT2D eigenvalue weighted by Gasteiger charge is 2.21. The van der Waals surface area contributed by atoms with Crippen molar-refractivity contribution in [2.75, 3.05) is 6.26 Å². The number of carbonyl (C=O) groups excluding carboxylic acids is 1. The number of nitrogens with zero attached hydrogens (tertiary/aromatic N) is 2. The smallest absolute Gasteiger partial charge is 0.267 e. The Bertz CT molecular complexity index is 1440. The molecule has 0 aliphatic rings. The van der Waals surface area contributed by atoms with E-state index in [0.717, 1.165) is 29.3 Å². The van der Waals surface area contributed by atoms with Gasteiger partial charge in [0.15, 0.2) is 0 Å². The number of nitrogens with one attached hydrogen (secondary N) is 1. The standard InChI is InChI=1S/C21H14Cl2FN3O3S/c1-31(29,30)26-21(28)14-10-16(23)19(11-17(14)24)27-18-8-7-13(22)9-15(18)20(25-27)12-5-3-2-4-6-12/h2-11H,1H3,(H,26,28). The van der Waals surface area contributed by atoms with Gasteiger partial charge in [-0.3, -0.25) is 4.79 Å². The van der Waals surface area contributed by atoms with Gasteiger partial charge in [0.2, 0.25) is 10.0 Å². The van der Waals surface area contributed by atoms with E-state index in [9.17, 15) is 17.6 Å². The summed E-state index contributed by atoms with van der Waals surface area (Å²) in [7, 11) is -3.86. The van der Waals surface area contributed by atoms with Crippen LogP contribution in [0.3, 0.4) is 0 Å². The quantitative estimate of drug-likeness (QED) is 0.456. The third-order valence-corrected chi connectivity index (χ3v) is 5.57. The van der Waals surface area contributed by atoms with Crippen molar-refractivity contribution < 1.29 is 17.6 Å². The summed E-state index contributed by atoms with van der Waals surface area (Å²) >= 11 is 12.5. The summed E-state index contributed by atoms with van der Waals surface area (Å²) in [5.74, 6) is -2.06. The van der Waals surface area contributed by atoms with Crippen LogP contribution in [0.15, 0.2) is 60.7 Å². The fourth-order valence-corrected chi connectivity index (χ4v) is 4.04. The number of carbonyl (C=O) groups is 1. The molecule has 10 heteroatoms. The molecule has 3 aromatic carbocycles. The van der Waals surface area contributed by atoms with Crippen LogP contribution in [0.4, 0.5) is 4.39 Å². The van der Waals surface area contributed by atoms with E-state index < -0.39 is 27.3 Å². The Hall–Kier alpha value is -2.94. The molecule has 4 aromatic rings. The summed E-state index contributed by atoms with van der Waals surface area (Å²) in [5.41, 5.74) is 1.76. The van der Waals surface area contributed by atoms with Crippen LogP contribution < -0.4 is 4.72 Å². The maximum absolute atomic E-state index is 14.8. The average molecular weight is 478 g/mol. The highest BCUT2D eigenvalue weighted by Crippen LogP contribution is 2.34. The Morgan fingerprint density at radius 1 is 1.06 bits per heavy atom. The van der Waals surface area contributed by atoms with Crippen LogP contribution in [-0.2, 0) is 10.0 Å². The summed E-state index contributed by atoms with van der Waals surface area (Å²) in [5, 5.41) is 5.87. The molecule has 0 atom stereocenters. The molecule has 1 amide bonds. The van der Waals surface area contributed by atoms with Crippen molar-refractivity contribution >= 4 is 50.0 Å². The van der Waals surface area contributed by atoms with Gasteiger partial charge in [0.1, 0.15) is 11.5 Å². The average Bonchev–Trinajstić information content (AvgIpc) is 3.07. The summed E-state index contributed by atoms with van der Waals surface area (Å²) in [6.07, 6.45) is 0.797. The fraction of sp³-hybridized carbons (Fsp3) is 0.0476. The van der Waals surface area contributed by atoms with Gasteiger partial charge in [-0.2, -0.15) is 5.10 Å². The lowest BCUT2D eigenvalue weighted by Crippen LogP contribution is -2.30. The lowest BCUT2D eigenvalue weighted by molar-refractivity contribution is 0.0978. The molecule has 1 aromatic heterocycles.